The van der Waals surface area contributed by atoms with Gasteiger partial charge in [-0.3, -0.25) is 29.5 Å². The molecule has 0 aromatic heterocycles. The summed E-state index contributed by atoms with van der Waals surface area (Å²) in [6.07, 6.45) is 0. The third-order valence-corrected chi connectivity index (χ3v) is 5.84. The molecule has 2 aromatic carbocycles. The largest absolute Gasteiger partial charge is 0.497 e. The number of methoxy groups -OCH3 is 1. The molecule has 1 heterocycles. The molecule has 3 rings (SSSR count). The first-order valence-corrected chi connectivity index (χ1v) is 12.0. The number of likely N-dealkylation sites (N-methyl/N-ethyl adjacent to an activating group) is 1. The molecule has 0 radical (unpaired) electrons. The maximum atomic E-state index is 13.7. The number of nitrogen functional groups attached to an aromatic ring is 1. The molecule has 0 saturated carbocycles. The predicted molar refractivity (Wildman–Crippen MR) is 138 cm³/mol. The van der Waals surface area contributed by atoms with E-state index in [1.54, 1.807) is 37.3 Å². The number of amides is 3. The number of hydrogen-bond acceptors (Lipinski definition) is 9. The number of nitrogens with zero attached hydrogens (tertiary/aromatic N) is 1. The normalized spacial score (nSPS) is 13.6. The summed E-state index contributed by atoms with van der Waals surface area (Å²) in [6.45, 7) is 2.05. The Morgan fingerprint density at radius 1 is 1.18 bits per heavy atom. The van der Waals surface area contributed by atoms with Crippen LogP contribution in [0.2, 0.25) is 0 Å². The van der Waals surface area contributed by atoms with Gasteiger partial charge < -0.3 is 35.3 Å². The van der Waals surface area contributed by atoms with Crippen molar-refractivity contribution in [3.63, 3.8) is 0 Å². The fourth-order valence-corrected chi connectivity index (χ4v) is 3.95. The molecule has 13 heteroatoms. The molecule has 1 atom stereocenters. The van der Waals surface area contributed by atoms with Crippen LogP contribution in [0.4, 0.5) is 0 Å². The first-order valence-electron chi connectivity index (χ1n) is 12.0. The number of nitrogens with two attached hydrogens (primary N) is 1. The molecule has 5 N–H and O–H groups in total. The highest BCUT2D eigenvalue weighted by Gasteiger charge is 2.54. The molecule has 3 amide bonds. The van der Waals surface area contributed by atoms with Crippen LogP contribution in [-0.2, 0) is 36.9 Å². The number of nitrogens with one attached hydrogen (secondary N) is 3. The summed E-state index contributed by atoms with van der Waals surface area (Å²) in [5.74, 6) is -4.65. The molecule has 1 aliphatic rings. The van der Waals surface area contributed by atoms with Gasteiger partial charge in [0.2, 0.25) is 0 Å². The second-order valence-corrected chi connectivity index (χ2v) is 8.40. The van der Waals surface area contributed by atoms with E-state index in [9.17, 15) is 19.2 Å². The van der Waals surface area contributed by atoms with Crippen molar-refractivity contribution in [1.29, 1.82) is 5.41 Å². The number of rotatable bonds is 12. The van der Waals surface area contributed by atoms with Crippen LogP contribution in [-0.4, -0.2) is 67.7 Å². The van der Waals surface area contributed by atoms with Crippen molar-refractivity contribution >= 4 is 29.5 Å². The molecule has 0 aliphatic carbocycles. The van der Waals surface area contributed by atoms with Gasteiger partial charge in [0.05, 0.1) is 20.3 Å². The maximum absolute atomic E-state index is 13.7. The Labute approximate surface area is 225 Å². The highest BCUT2D eigenvalue weighted by Crippen LogP contribution is 2.34. The van der Waals surface area contributed by atoms with E-state index in [1.807, 2.05) is 0 Å². The summed E-state index contributed by atoms with van der Waals surface area (Å²) in [7, 11) is 2.94. The Hall–Kier alpha value is -4.65. The van der Waals surface area contributed by atoms with E-state index in [1.165, 1.54) is 20.2 Å². The Balaban J connectivity index is 1.93. The van der Waals surface area contributed by atoms with E-state index in [-0.39, 0.29) is 37.9 Å². The van der Waals surface area contributed by atoms with Crippen LogP contribution in [0, 0.1) is 5.41 Å². The Morgan fingerprint density at radius 2 is 1.92 bits per heavy atom. The van der Waals surface area contributed by atoms with Crippen molar-refractivity contribution < 1.29 is 38.1 Å². The zero-order chi connectivity index (χ0) is 28.7. The van der Waals surface area contributed by atoms with Gasteiger partial charge >= 0.3 is 17.8 Å². The third kappa shape index (κ3) is 6.26. The molecular formula is C26H31N5O8. The van der Waals surface area contributed by atoms with Crippen molar-refractivity contribution in [2.75, 3.05) is 27.4 Å². The summed E-state index contributed by atoms with van der Waals surface area (Å²) in [6, 6.07) is 9.40. The summed E-state index contributed by atoms with van der Waals surface area (Å²) in [5.41, 5.74) is 7.22. The maximum Gasteiger partial charge on any atom is 0.383 e. The van der Waals surface area contributed by atoms with Crippen molar-refractivity contribution in [1.82, 2.24) is 15.5 Å². The highest BCUT2D eigenvalue weighted by molar-refractivity contribution is 6.02. The van der Waals surface area contributed by atoms with Gasteiger partial charge in [-0.25, -0.2) is 0 Å². The number of esters is 1. The Bertz CT molecular complexity index is 1300. The van der Waals surface area contributed by atoms with Crippen molar-refractivity contribution in [3.05, 3.63) is 58.7 Å². The lowest BCUT2D eigenvalue weighted by molar-refractivity contribution is -0.272. The standard InChI is InChI=1S/C26H31N5O8/c1-5-38-26(39-15(2)32,31-13-18-10-19(36-4)8-9-20(18)24(31)34)25(35)30-12-17-7-6-16(23(27)28)11-21(17)37-14-22(33)29-3/h6-11H,5,12-14H2,1-4H3,(H3,27,28)(H,29,33)(H,30,35)/t26-/m0/s1. The molecule has 39 heavy (non-hydrogen) atoms. The molecule has 0 fully saturated rings. The van der Waals surface area contributed by atoms with E-state index in [2.05, 4.69) is 10.6 Å². The lowest BCUT2D eigenvalue weighted by Gasteiger charge is -2.37. The smallest absolute Gasteiger partial charge is 0.383 e. The van der Waals surface area contributed by atoms with Gasteiger partial charge in [-0.05, 0) is 36.8 Å². The number of fused-ring (bicyclic) bond motifs is 1. The number of carbonyl (C=O) groups excluding carboxylic acids is 4. The average molecular weight is 542 g/mol. The van der Waals surface area contributed by atoms with Crippen LogP contribution in [0.3, 0.4) is 0 Å². The molecular weight excluding hydrogens is 510 g/mol. The van der Waals surface area contributed by atoms with Crippen LogP contribution >= 0.6 is 0 Å². The van der Waals surface area contributed by atoms with Gasteiger partial charge in [-0.2, -0.15) is 0 Å². The number of ether oxygens (including phenoxy) is 4. The summed E-state index contributed by atoms with van der Waals surface area (Å²) >= 11 is 0. The summed E-state index contributed by atoms with van der Waals surface area (Å²) < 4.78 is 21.9. The lowest BCUT2D eigenvalue weighted by atomic mass is 10.1. The van der Waals surface area contributed by atoms with Crippen molar-refractivity contribution in [3.8, 4) is 11.5 Å². The van der Waals surface area contributed by atoms with Gasteiger partial charge in [0.15, 0.2) is 6.61 Å². The zero-order valence-electron chi connectivity index (χ0n) is 22.1. The molecule has 1 aliphatic heterocycles. The van der Waals surface area contributed by atoms with E-state index >= 15 is 0 Å². The van der Waals surface area contributed by atoms with E-state index in [4.69, 9.17) is 30.1 Å². The minimum absolute atomic E-state index is 0.0715. The van der Waals surface area contributed by atoms with Crippen LogP contribution in [0.25, 0.3) is 0 Å². The zero-order valence-corrected chi connectivity index (χ0v) is 22.1. The van der Waals surface area contributed by atoms with E-state index in [0.717, 1.165) is 11.8 Å². The van der Waals surface area contributed by atoms with Gasteiger partial charge in [-0.15, -0.1) is 0 Å². The van der Waals surface area contributed by atoms with Gasteiger partial charge in [0, 0.05) is 37.2 Å². The molecule has 0 unspecified atom stereocenters. The molecule has 13 nitrogen and oxygen atoms in total. The number of hydrogen-bond donors (Lipinski definition) is 4. The Kier molecular flexibility index (Phi) is 9.09. The van der Waals surface area contributed by atoms with E-state index in [0.29, 0.717) is 28.0 Å². The summed E-state index contributed by atoms with van der Waals surface area (Å²) in [4.78, 5) is 51.9. The third-order valence-electron chi connectivity index (χ3n) is 5.84. The quantitative estimate of drug-likeness (QED) is 0.130. The van der Waals surface area contributed by atoms with Gasteiger partial charge in [0.1, 0.15) is 17.3 Å². The van der Waals surface area contributed by atoms with Crippen LogP contribution < -0.4 is 25.8 Å². The SMILES string of the molecule is CCO[C@](OC(C)=O)(C(=O)NCc1ccc(C(=N)N)cc1OCC(=O)NC)N1Cc2cc(OC)ccc2C1=O. The van der Waals surface area contributed by atoms with Crippen molar-refractivity contribution in [2.45, 2.75) is 32.8 Å². The molecule has 0 bridgehead atoms. The predicted octanol–water partition coefficient (Wildman–Crippen LogP) is 0.630. The van der Waals surface area contributed by atoms with Crippen LogP contribution in [0.15, 0.2) is 36.4 Å². The summed E-state index contributed by atoms with van der Waals surface area (Å²) in [5, 5.41) is 12.8. The Morgan fingerprint density at radius 3 is 2.54 bits per heavy atom. The van der Waals surface area contributed by atoms with Crippen LogP contribution in [0.1, 0.15) is 40.9 Å². The topological polar surface area (TPSA) is 182 Å². The van der Waals surface area contributed by atoms with Gasteiger partial charge in [0.25, 0.3) is 11.8 Å². The minimum atomic E-state index is -2.41. The van der Waals surface area contributed by atoms with Crippen LogP contribution in [0.5, 0.6) is 11.5 Å². The minimum Gasteiger partial charge on any atom is -0.497 e. The fraction of sp³-hybridized carbons (Fsp3) is 0.346. The highest BCUT2D eigenvalue weighted by atomic mass is 16.7. The molecule has 208 valence electrons. The van der Waals surface area contributed by atoms with Gasteiger partial charge in [-0.1, -0.05) is 12.1 Å². The van der Waals surface area contributed by atoms with E-state index < -0.39 is 29.6 Å². The fourth-order valence-electron chi connectivity index (χ4n) is 3.95. The molecule has 0 spiro atoms. The van der Waals surface area contributed by atoms with Crippen molar-refractivity contribution in [2.24, 2.45) is 5.73 Å². The second-order valence-electron chi connectivity index (χ2n) is 8.40. The first kappa shape index (κ1) is 28.9. The lowest BCUT2D eigenvalue weighted by Crippen LogP contribution is -2.63. The second kappa shape index (κ2) is 12.3. The number of amidine groups is 1. The number of benzene rings is 2. The molecule has 2 aromatic rings. The molecule has 0 saturated heterocycles. The average Bonchev–Trinajstić information content (AvgIpc) is 3.25. The first-order chi connectivity index (χ1) is 18.6. The number of carbonyl (C=O) groups is 4. The monoisotopic (exact) mass is 541 g/mol.